The van der Waals surface area contributed by atoms with Crippen molar-refractivity contribution in [3.05, 3.63) is 0 Å². The molecule has 0 aromatic heterocycles. The van der Waals surface area contributed by atoms with Crippen LogP contribution >= 0.6 is 0 Å². The smallest absolute Gasteiger partial charge is 0.147 e. The second-order valence-electron chi connectivity index (χ2n) is 5.96. The quantitative estimate of drug-likeness (QED) is 0.777. The molecule has 1 aliphatic rings. The van der Waals surface area contributed by atoms with Crippen molar-refractivity contribution in [1.82, 2.24) is 5.32 Å². The third kappa shape index (κ3) is 6.19. The van der Waals surface area contributed by atoms with Crippen molar-refractivity contribution >= 4 is 9.84 Å². The Morgan fingerprint density at radius 2 is 1.83 bits per heavy atom. The Hall–Kier alpha value is -0.0900. The second-order valence-corrected chi connectivity index (χ2v) is 8.22. The van der Waals surface area contributed by atoms with Crippen molar-refractivity contribution in [3.63, 3.8) is 0 Å². The molecule has 18 heavy (non-hydrogen) atoms. The standard InChI is InChI=1S/C14H29NO2S/c1-4-15-14(6-5-11-18(3,16)17)13-9-7-12(2)8-10-13/h12-15H,4-11H2,1-3H3. The molecule has 0 heterocycles. The summed E-state index contributed by atoms with van der Waals surface area (Å²) in [5, 5.41) is 3.56. The van der Waals surface area contributed by atoms with Crippen molar-refractivity contribution in [3.8, 4) is 0 Å². The Labute approximate surface area is 113 Å². The van der Waals surface area contributed by atoms with Crippen LogP contribution in [0.5, 0.6) is 0 Å². The van der Waals surface area contributed by atoms with E-state index >= 15 is 0 Å². The summed E-state index contributed by atoms with van der Waals surface area (Å²) in [5.41, 5.74) is 0. The predicted octanol–water partition coefficient (Wildman–Crippen LogP) is 2.62. The van der Waals surface area contributed by atoms with Crippen LogP contribution in [0, 0.1) is 11.8 Å². The van der Waals surface area contributed by atoms with Crippen LogP contribution in [0.4, 0.5) is 0 Å². The van der Waals surface area contributed by atoms with Gasteiger partial charge in [0, 0.05) is 18.1 Å². The molecule has 1 N–H and O–H groups in total. The van der Waals surface area contributed by atoms with Crippen molar-refractivity contribution in [2.75, 3.05) is 18.6 Å². The maximum Gasteiger partial charge on any atom is 0.147 e. The molecule has 0 spiro atoms. The van der Waals surface area contributed by atoms with E-state index in [2.05, 4.69) is 19.2 Å². The summed E-state index contributed by atoms with van der Waals surface area (Å²) in [6.45, 7) is 5.45. The summed E-state index contributed by atoms with van der Waals surface area (Å²) in [7, 11) is -2.80. The van der Waals surface area contributed by atoms with Gasteiger partial charge in [0.2, 0.25) is 0 Å². The fourth-order valence-corrected chi connectivity index (χ4v) is 3.71. The van der Waals surface area contributed by atoms with E-state index in [9.17, 15) is 8.42 Å². The number of nitrogens with one attached hydrogen (secondary N) is 1. The predicted molar refractivity (Wildman–Crippen MR) is 77.5 cm³/mol. The molecule has 3 nitrogen and oxygen atoms in total. The van der Waals surface area contributed by atoms with E-state index in [0.29, 0.717) is 11.8 Å². The van der Waals surface area contributed by atoms with E-state index in [0.717, 1.165) is 31.2 Å². The molecule has 1 atom stereocenters. The van der Waals surface area contributed by atoms with Crippen LogP contribution in [0.15, 0.2) is 0 Å². The lowest BCUT2D eigenvalue weighted by Gasteiger charge is -2.33. The van der Waals surface area contributed by atoms with Crippen LogP contribution in [0.3, 0.4) is 0 Å². The van der Waals surface area contributed by atoms with Gasteiger partial charge in [-0.3, -0.25) is 0 Å². The molecule has 108 valence electrons. The van der Waals surface area contributed by atoms with Gasteiger partial charge in [-0.15, -0.1) is 0 Å². The minimum absolute atomic E-state index is 0.331. The van der Waals surface area contributed by atoms with Gasteiger partial charge in [0.25, 0.3) is 0 Å². The van der Waals surface area contributed by atoms with Crippen LogP contribution in [-0.2, 0) is 9.84 Å². The highest BCUT2D eigenvalue weighted by molar-refractivity contribution is 7.90. The third-order valence-corrected chi connectivity index (χ3v) is 5.16. The Balaban J connectivity index is 2.39. The molecular weight excluding hydrogens is 246 g/mol. The zero-order chi connectivity index (χ0) is 13.6. The van der Waals surface area contributed by atoms with Gasteiger partial charge in [0.05, 0.1) is 0 Å². The number of hydrogen-bond acceptors (Lipinski definition) is 3. The van der Waals surface area contributed by atoms with Gasteiger partial charge in [-0.05, 0) is 44.1 Å². The highest BCUT2D eigenvalue weighted by Gasteiger charge is 2.25. The monoisotopic (exact) mass is 275 g/mol. The summed E-state index contributed by atoms with van der Waals surface area (Å²) in [6.07, 6.45) is 8.40. The van der Waals surface area contributed by atoms with Crippen LogP contribution in [0.25, 0.3) is 0 Å². The van der Waals surface area contributed by atoms with Crippen molar-refractivity contribution < 1.29 is 8.42 Å². The first-order valence-electron chi connectivity index (χ1n) is 7.33. The van der Waals surface area contributed by atoms with Gasteiger partial charge in [-0.25, -0.2) is 8.42 Å². The lowest BCUT2D eigenvalue weighted by molar-refractivity contribution is 0.223. The molecule has 0 aromatic rings. The molecule has 4 heteroatoms. The number of hydrogen-bond donors (Lipinski definition) is 1. The second kappa shape index (κ2) is 7.49. The molecule has 1 fully saturated rings. The summed E-state index contributed by atoms with van der Waals surface area (Å²) in [5.74, 6) is 1.96. The Bertz CT molecular complexity index is 319. The first-order chi connectivity index (χ1) is 8.42. The summed E-state index contributed by atoms with van der Waals surface area (Å²) in [6, 6.07) is 0.518. The van der Waals surface area contributed by atoms with Gasteiger partial charge < -0.3 is 5.32 Å². The molecule has 0 aliphatic heterocycles. The van der Waals surface area contributed by atoms with Gasteiger partial charge >= 0.3 is 0 Å². The fourth-order valence-electron chi connectivity index (χ4n) is 3.02. The third-order valence-electron chi connectivity index (χ3n) is 4.13. The topological polar surface area (TPSA) is 46.2 Å². The summed E-state index contributed by atoms with van der Waals surface area (Å²) < 4.78 is 22.3. The largest absolute Gasteiger partial charge is 0.314 e. The van der Waals surface area contributed by atoms with Crippen molar-refractivity contribution in [2.45, 2.75) is 58.4 Å². The molecule has 1 aliphatic carbocycles. The maximum atomic E-state index is 11.2. The molecular formula is C14H29NO2S. The molecule has 0 radical (unpaired) electrons. The molecule has 1 rings (SSSR count). The minimum Gasteiger partial charge on any atom is -0.314 e. The molecule has 1 unspecified atom stereocenters. The number of sulfone groups is 1. The molecule has 1 saturated carbocycles. The van der Waals surface area contributed by atoms with E-state index in [1.807, 2.05) is 0 Å². The van der Waals surface area contributed by atoms with Crippen LogP contribution in [0.1, 0.15) is 52.4 Å². The Kier molecular flexibility index (Phi) is 6.64. The van der Waals surface area contributed by atoms with E-state index in [4.69, 9.17) is 0 Å². The Morgan fingerprint density at radius 3 is 2.33 bits per heavy atom. The van der Waals surface area contributed by atoms with Crippen LogP contribution in [-0.4, -0.2) is 33.0 Å². The molecule has 0 bridgehead atoms. The van der Waals surface area contributed by atoms with Crippen LogP contribution in [0.2, 0.25) is 0 Å². The average molecular weight is 275 g/mol. The minimum atomic E-state index is -2.80. The number of rotatable bonds is 7. The molecule has 0 saturated heterocycles. The highest BCUT2D eigenvalue weighted by Crippen LogP contribution is 2.31. The molecule has 0 aromatic carbocycles. The van der Waals surface area contributed by atoms with Gasteiger partial charge in [-0.1, -0.05) is 26.7 Å². The summed E-state index contributed by atoms with van der Waals surface area (Å²) >= 11 is 0. The van der Waals surface area contributed by atoms with E-state index in [1.165, 1.54) is 31.9 Å². The lowest BCUT2D eigenvalue weighted by Crippen LogP contribution is -2.38. The van der Waals surface area contributed by atoms with E-state index < -0.39 is 9.84 Å². The maximum absolute atomic E-state index is 11.2. The SMILES string of the molecule is CCNC(CCCS(C)(=O)=O)C1CCC(C)CC1. The van der Waals surface area contributed by atoms with E-state index in [1.54, 1.807) is 0 Å². The van der Waals surface area contributed by atoms with Gasteiger partial charge in [0.1, 0.15) is 9.84 Å². The van der Waals surface area contributed by atoms with E-state index in [-0.39, 0.29) is 0 Å². The van der Waals surface area contributed by atoms with Gasteiger partial charge in [0.15, 0.2) is 0 Å². The van der Waals surface area contributed by atoms with Gasteiger partial charge in [-0.2, -0.15) is 0 Å². The zero-order valence-corrected chi connectivity index (χ0v) is 12.9. The zero-order valence-electron chi connectivity index (χ0n) is 12.1. The summed E-state index contributed by atoms with van der Waals surface area (Å²) in [4.78, 5) is 0. The average Bonchev–Trinajstić information content (AvgIpc) is 2.27. The molecule has 0 amide bonds. The normalized spacial score (nSPS) is 27.1. The van der Waals surface area contributed by atoms with Crippen molar-refractivity contribution in [1.29, 1.82) is 0 Å². The first kappa shape index (κ1) is 16.0. The Morgan fingerprint density at radius 1 is 1.22 bits per heavy atom. The first-order valence-corrected chi connectivity index (χ1v) is 9.39. The highest BCUT2D eigenvalue weighted by atomic mass is 32.2. The lowest BCUT2D eigenvalue weighted by atomic mass is 9.78. The van der Waals surface area contributed by atoms with Crippen LogP contribution < -0.4 is 5.32 Å². The fraction of sp³-hybridized carbons (Fsp3) is 1.00. The van der Waals surface area contributed by atoms with Crippen molar-refractivity contribution in [2.24, 2.45) is 11.8 Å².